The van der Waals surface area contributed by atoms with Gasteiger partial charge in [0.15, 0.2) is 0 Å². The Balaban J connectivity index is 1.19. The first-order valence-corrected chi connectivity index (χ1v) is 22.8. The molecule has 0 N–H and O–H groups in total. The smallest absolute Gasteiger partial charge is 0.252 e. The molecule has 2 aliphatic heterocycles. The molecule has 4 heteroatoms. The van der Waals surface area contributed by atoms with Gasteiger partial charge in [-0.2, -0.15) is 0 Å². The highest BCUT2D eigenvalue weighted by Crippen LogP contribution is 2.52. The van der Waals surface area contributed by atoms with Gasteiger partial charge in [0.25, 0.3) is 6.71 Å². The zero-order valence-corrected chi connectivity index (χ0v) is 37.2. The maximum absolute atomic E-state index is 2.65. The molecule has 3 aliphatic rings. The van der Waals surface area contributed by atoms with Crippen LogP contribution in [0.2, 0.25) is 0 Å². The predicted molar refractivity (Wildman–Crippen MR) is 274 cm³/mol. The van der Waals surface area contributed by atoms with E-state index in [1.165, 1.54) is 99.4 Å². The van der Waals surface area contributed by atoms with Crippen molar-refractivity contribution in [3.05, 3.63) is 193 Å². The molecule has 1 aliphatic carbocycles. The second kappa shape index (κ2) is 13.1. The van der Waals surface area contributed by atoms with Gasteiger partial charge in [0.1, 0.15) is 0 Å². The molecule has 0 bridgehead atoms. The van der Waals surface area contributed by atoms with Crippen LogP contribution in [0.5, 0.6) is 0 Å². The summed E-state index contributed by atoms with van der Waals surface area (Å²) in [4.78, 5) is 5.00. The first-order valence-electron chi connectivity index (χ1n) is 22.8. The fraction of sp³-hybridized carbons (Fsp3) is 0.133. The van der Waals surface area contributed by atoms with Gasteiger partial charge in [-0.25, -0.2) is 0 Å². The second-order valence-corrected chi connectivity index (χ2v) is 20.2. The molecule has 10 aromatic rings. The van der Waals surface area contributed by atoms with Crippen molar-refractivity contribution in [2.45, 2.75) is 52.4 Å². The Hall–Kier alpha value is -7.30. The van der Waals surface area contributed by atoms with Crippen LogP contribution in [0.3, 0.4) is 0 Å². The van der Waals surface area contributed by atoms with Crippen molar-refractivity contribution in [1.29, 1.82) is 0 Å². The minimum atomic E-state index is 0.0240. The van der Waals surface area contributed by atoms with Crippen LogP contribution in [0.15, 0.2) is 182 Å². The van der Waals surface area contributed by atoms with Crippen LogP contribution < -0.4 is 26.2 Å². The van der Waals surface area contributed by atoms with E-state index in [1.54, 1.807) is 0 Å². The minimum absolute atomic E-state index is 0.0240. The molecule has 64 heavy (non-hydrogen) atoms. The van der Waals surface area contributed by atoms with Gasteiger partial charge in [-0.1, -0.05) is 163 Å². The third-order valence-corrected chi connectivity index (χ3v) is 14.4. The Morgan fingerprint density at radius 3 is 1.69 bits per heavy atom. The number of anilines is 6. The molecule has 0 unspecified atom stereocenters. The number of hydrogen-bond donors (Lipinski definition) is 0. The maximum atomic E-state index is 2.65. The van der Waals surface area contributed by atoms with Gasteiger partial charge in [0.2, 0.25) is 0 Å². The summed E-state index contributed by atoms with van der Waals surface area (Å²) in [5.74, 6) is 0. The van der Waals surface area contributed by atoms with E-state index in [0.29, 0.717) is 0 Å². The molecule has 3 nitrogen and oxygen atoms in total. The third-order valence-electron chi connectivity index (χ3n) is 14.4. The standard InChI is InChI=1S/C60H48BN3/c1-59(2,3)38-24-28-41(29-25-38)62(42-30-26-39(27-31-42)60(4,5)6)43-35-52-57-53(36-43)64-51-34-23-37-15-14-20-46-44-18-10-11-19-45(44)47-32-33-49(58(64)55(47)56(51)54(37)46)61(57)48-21-12-13-22-50(48)63(52)40-16-8-7-9-17-40/h7-36H,1-6H3. The summed E-state index contributed by atoms with van der Waals surface area (Å²) in [6.45, 7) is 13.8. The molecule has 0 saturated carbocycles. The Bertz CT molecular complexity index is 3510. The Morgan fingerprint density at radius 1 is 0.422 bits per heavy atom. The normalized spacial score (nSPS) is 13.4. The van der Waals surface area contributed by atoms with Gasteiger partial charge in [0.05, 0.1) is 16.7 Å². The predicted octanol–water partition coefficient (Wildman–Crippen LogP) is 14.3. The Morgan fingerprint density at radius 2 is 1.02 bits per heavy atom. The molecule has 0 spiro atoms. The van der Waals surface area contributed by atoms with Gasteiger partial charge < -0.3 is 14.4 Å². The van der Waals surface area contributed by atoms with Crippen LogP contribution in [0.25, 0.3) is 60.5 Å². The Kier molecular flexibility index (Phi) is 7.64. The summed E-state index contributed by atoms with van der Waals surface area (Å²) in [5.41, 5.74) is 22.6. The molecular formula is C60H48BN3. The lowest BCUT2D eigenvalue weighted by molar-refractivity contribution is 0.590. The highest BCUT2D eigenvalue weighted by atomic mass is 15.2. The van der Waals surface area contributed by atoms with E-state index in [4.69, 9.17) is 0 Å². The summed E-state index contributed by atoms with van der Waals surface area (Å²) < 4.78 is 2.65. The number of benzene rings is 9. The minimum Gasteiger partial charge on any atom is -0.311 e. The highest BCUT2D eigenvalue weighted by molar-refractivity contribution is 7.00. The molecule has 0 amide bonds. The van der Waals surface area contributed by atoms with Crippen molar-refractivity contribution < 1.29 is 0 Å². The summed E-state index contributed by atoms with van der Waals surface area (Å²) in [6.07, 6.45) is 0. The number of fused-ring (bicyclic) bond motifs is 8. The van der Waals surface area contributed by atoms with E-state index in [2.05, 4.69) is 238 Å². The number of hydrogen-bond acceptors (Lipinski definition) is 2. The van der Waals surface area contributed by atoms with Crippen LogP contribution >= 0.6 is 0 Å². The van der Waals surface area contributed by atoms with Crippen molar-refractivity contribution in [2.75, 3.05) is 9.80 Å². The van der Waals surface area contributed by atoms with E-state index in [1.807, 2.05) is 0 Å². The van der Waals surface area contributed by atoms with Crippen molar-refractivity contribution in [2.24, 2.45) is 0 Å². The SMILES string of the molecule is CC(C)(C)c1ccc(N(c2ccc(C(C)(C)C)cc2)c2cc3c4c(c2)-n2c5ccc6cccc7c6c5c5c(ccc(c52)B4c2ccccc2N3c2ccccc2)-c2ccccc2-7)cc1. The summed E-state index contributed by atoms with van der Waals surface area (Å²) in [6, 6.07) is 69.1. The monoisotopic (exact) mass is 821 g/mol. The number of para-hydroxylation sites is 2. The van der Waals surface area contributed by atoms with E-state index in [-0.39, 0.29) is 17.5 Å². The molecule has 0 saturated heterocycles. The van der Waals surface area contributed by atoms with Gasteiger partial charge in [-0.05, 0) is 132 Å². The lowest BCUT2D eigenvalue weighted by Crippen LogP contribution is -2.60. The molecule has 9 aromatic carbocycles. The van der Waals surface area contributed by atoms with Crippen LogP contribution in [-0.2, 0) is 10.8 Å². The average Bonchev–Trinajstić information content (AvgIpc) is 3.60. The van der Waals surface area contributed by atoms with Crippen LogP contribution in [0, 0.1) is 0 Å². The number of nitrogens with zero attached hydrogens (tertiary/aromatic N) is 3. The fourth-order valence-electron chi connectivity index (χ4n) is 11.4. The summed E-state index contributed by atoms with van der Waals surface area (Å²) in [5, 5.41) is 5.30. The quantitative estimate of drug-likeness (QED) is 0.164. The third kappa shape index (κ3) is 5.17. The summed E-state index contributed by atoms with van der Waals surface area (Å²) in [7, 11) is 0. The lowest BCUT2D eigenvalue weighted by Gasteiger charge is -2.41. The lowest BCUT2D eigenvalue weighted by atomic mass is 9.33. The highest BCUT2D eigenvalue weighted by Gasteiger charge is 2.43. The Labute approximate surface area is 375 Å². The van der Waals surface area contributed by atoms with Crippen molar-refractivity contribution >= 4 is 89.8 Å². The largest absolute Gasteiger partial charge is 0.311 e. The van der Waals surface area contributed by atoms with Gasteiger partial charge in [-0.3, -0.25) is 0 Å². The molecule has 0 radical (unpaired) electrons. The van der Waals surface area contributed by atoms with Crippen molar-refractivity contribution in [1.82, 2.24) is 4.57 Å². The zero-order valence-electron chi connectivity index (χ0n) is 37.2. The number of aromatic nitrogens is 1. The molecule has 1 aromatic heterocycles. The fourth-order valence-corrected chi connectivity index (χ4v) is 11.4. The van der Waals surface area contributed by atoms with E-state index < -0.39 is 0 Å². The van der Waals surface area contributed by atoms with Gasteiger partial charge in [0, 0.05) is 44.9 Å². The zero-order chi connectivity index (χ0) is 43.2. The second-order valence-electron chi connectivity index (χ2n) is 20.2. The molecule has 0 atom stereocenters. The van der Waals surface area contributed by atoms with Crippen molar-refractivity contribution in [3.8, 4) is 27.9 Å². The average molecular weight is 822 g/mol. The van der Waals surface area contributed by atoms with Gasteiger partial charge in [-0.15, -0.1) is 0 Å². The van der Waals surface area contributed by atoms with Crippen LogP contribution in [-0.4, -0.2) is 11.3 Å². The number of rotatable bonds is 4. The maximum Gasteiger partial charge on any atom is 0.252 e. The summed E-state index contributed by atoms with van der Waals surface area (Å²) >= 11 is 0. The van der Waals surface area contributed by atoms with Gasteiger partial charge >= 0.3 is 0 Å². The van der Waals surface area contributed by atoms with Crippen LogP contribution in [0.4, 0.5) is 34.1 Å². The van der Waals surface area contributed by atoms with E-state index in [0.717, 1.165) is 22.7 Å². The molecule has 0 fully saturated rings. The molecule has 306 valence electrons. The van der Waals surface area contributed by atoms with Crippen molar-refractivity contribution in [3.63, 3.8) is 0 Å². The molecule has 3 heterocycles. The van der Waals surface area contributed by atoms with E-state index >= 15 is 0 Å². The first-order chi connectivity index (χ1) is 31.0. The molecular weight excluding hydrogens is 773 g/mol. The molecule has 13 rings (SSSR count). The van der Waals surface area contributed by atoms with Crippen LogP contribution in [0.1, 0.15) is 52.7 Å². The first kappa shape index (κ1) is 37.3. The van der Waals surface area contributed by atoms with E-state index in [9.17, 15) is 0 Å². The topological polar surface area (TPSA) is 11.4 Å².